The number of nitro groups is 1. The number of hydrogen-bond acceptors (Lipinski definition) is 4. The molecule has 1 saturated heterocycles. The summed E-state index contributed by atoms with van der Waals surface area (Å²) in [6, 6.07) is 1.86. The van der Waals surface area contributed by atoms with Gasteiger partial charge in [-0.3, -0.25) is 10.1 Å². The maximum atomic E-state index is 13.4. The Kier molecular flexibility index (Phi) is 4.06. The zero-order valence-corrected chi connectivity index (χ0v) is 10.3. The van der Waals surface area contributed by atoms with Crippen molar-refractivity contribution < 1.29 is 23.2 Å². The van der Waals surface area contributed by atoms with E-state index < -0.39 is 28.5 Å². The van der Waals surface area contributed by atoms with Crippen LogP contribution in [0.2, 0.25) is 0 Å². The van der Waals surface area contributed by atoms with E-state index in [4.69, 9.17) is 9.47 Å². The van der Waals surface area contributed by atoms with Gasteiger partial charge in [0.05, 0.1) is 4.92 Å². The van der Waals surface area contributed by atoms with Crippen LogP contribution < -0.4 is 0 Å². The van der Waals surface area contributed by atoms with Crippen LogP contribution in [0.15, 0.2) is 12.1 Å². The minimum absolute atomic E-state index is 0.159. The Balaban J connectivity index is 2.01. The molecule has 0 atom stereocenters. The Morgan fingerprint density at radius 3 is 2.32 bits per heavy atom. The second kappa shape index (κ2) is 5.58. The van der Waals surface area contributed by atoms with Gasteiger partial charge in [0, 0.05) is 6.42 Å². The third-order valence-corrected chi connectivity index (χ3v) is 2.79. The first kappa shape index (κ1) is 13.8. The van der Waals surface area contributed by atoms with Crippen molar-refractivity contribution in [2.24, 2.45) is 0 Å². The van der Waals surface area contributed by atoms with Gasteiger partial charge in [0.15, 0.2) is 12.6 Å². The van der Waals surface area contributed by atoms with E-state index >= 15 is 0 Å². The maximum Gasteiger partial charge on any atom is 0.340 e. The molecule has 0 bridgehead atoms. The Hall–Kier alpha value is -1.60. The normalized spacial score (nSPS) is 22.1. The van der Waals surface area contributed by atoms with Crippen molar-refractivity contribution in [2.75, 3.05) is 0 Å². The Morgan fingerprint density at radius 1 is 1.26 bits per heavy atom. The van der Waals surface area contributed by atoms with Crippen molar-refractivity contribution >= 4 is 5.69 Å². The van der Waals surface area contributed by atoms with Crippen molar-refractivity contribution in [1.82, 2.24) is 0 Å². The van der Waals surface area contributed by atoms with Gasteiger partial charge >= 0.3 is 5.69 Å². The van der Waals surface area contributed by atoms with E-state index in [9.17, 15) is 18.9 Å². The molecule has 0 amide bonds. The molecule has 1 fully saturated rings. The van der Waals surface area contributed by atoms with Crippen LogP contribution in [0.5, 0.6) is 0 Å². The molecular weight excluding hydrogens is 260 g/mol. The number of nitro benzene ring substituents is 1. The summed E-state index contributed by atoms with van der Waals surface area (Å²) in [6.45, 7) is 1.99. The van der Waals surface area contributed by atoms with Gasteiger partial charge in [-0.2, -0.15) is 8.78 Å². The molecule has 1 heterocycles. The lowest BCUT2D eigenvalue weighted by Gasteiger charge is -2.36. The molecule has 0 aliphatic carbocycles. The molecule has 0 spiro atoms. The smallest absolute Gasteiger partial charge is 0.323 e. The molecule has 0 unspecified atom stereocenters. The highest BCUT2D eigenvalue weighted by Crippen LogP contribution is 2.27. The lowest BCUT2D eigenvalue weighted by Crippen LogP contribution is -2.42. The second-order valence-corrected chi connectivity index (χ2v) is 4.29. The molecule has 2 rings (SSSR count). The summed E-state index contributed by atoms with van der Waals surface area (Å²) >= 11 is 0. The average Bonchev–Trinajstić information content (AvgIpc) is 2.24. The van der Waals surface area contributed by atoms with Gasteiger partial charge in [0.1, 0.15) is 0 Å². The number of ether oxygens (including phenoxy) is 2. The van der Waals surface area contributed by atoms with Crippen molar-refractivity contribution in [3.63, 3.8) is 0 Å². The fourth-order valence-corrected chi connectivity index (χ4v) is 1.92. The van der Waals surface area contributed by atoms with Crippen LogP contribution in [0.25, 0.3) is 0 Å². The fraction of sp³-hybridized carbons (Fsp3) is 0.500. The Bertz CT molecular complexity index is 466. The van der Waals surface area contributed by atoms with Crippen LogP contribution in [0.1, 0.15) is 25.3 Å². The third-order valence-electron chi connectivity index (χ3n) is 2.79. The molecule has 7 heteroatoms. The van der Waals surface area contributed by atoms with Crippen LogP contribution in [-0.4, -0.2) is 17.5 Å². The van der Waals surface area contributed by atoms with Crippen molar-refractivity contribution in [3.8, 4) is 0 Å². The minimum Gasteiger partial charge on any atom is -0.323 e. The van der Waals surface area contributed by atoms with Gasteiger partial charge in [0.2, 0.25) is 11.6 Å². The summed E-state index contributed by atoms with van der Waals surface area (Å²) < 4.78 is 37.4. The van der Waals surface area contributed by atoms with E-state index in [-0.39, 0.29) is 18.3 Å². The van der Waals surface area contributed by atoms with Gasteiger partial charge in [-0.05, 0) is 24.1 Å². The maximum absolute atomic E-state index is 13.4. The highest BCUT2D eigenvalue weighted by Gasteiger charge is 2.31. The Morgan fingerprint density at radius 2 is 1.84 bits per heavy atom. The first-order valence-corrected chi connectivity index (χ1v) is 5.94. The van der Waals surface area contributed by atoms with E-state index in [1.807, 2.05) is 6.92 Å². The zero-order valence-electron chi connectivity index (χ0n) is 10.3. The monoisotopic (exact) mass is 273 g/mol. The molecule has 0 aromatic heterocycles. The van der Waals surface area contributed by atoms with Gasteiger partial charge in [-0.1, -0.05) is 13.3 Å². The molecule has 1 aliphatic heterocycles. The predicted molar refractivity (Wildman–Crippen MR) is 61.4 cm³/mol. The Labute approximate surface area is 108 Å². The zero-order chi connectivity index (χ0) is 14.0. The van der Waals surface area contributed by atoms with E-state index in [0.717, 1.165) is 25.0 Å². The standard InChI is InChI=1S/C12H13F2NO4/c1-2-3-10-18-11(19-10)6-7-4-8(13)12(15(16)17)9(14)5-7/h4-5,10-11H,2-3,6H2,1H3. The van der Waals surface area contributed by atoms with Gasteiger partial charge in [0.25, 0.3) is 0 Å². The van der Waals surface area contributed by atoms with Crippen LogP contribution in [-0.2, 0) is 15.9 Å². The van der Waals surface area contributed by atoms with Crippen LogP contribution in [0.4, 0.5) is 14.5 Å². The lowest BCUT2D eigenvalue weighted by molar-refractivity contribution is -0.390. The van der Waals surface area contributed by atoms with E-state index in [1.54, 1.807) is 0 Å². The third kappa shape index (κ3) is 3.05. The number of benzene rings is 1. The molecule has 104 valence electrons. The van der Waals surface area contributed by atoms with E-state index in [2.05, 4.69) is 0 Å². The van der Waals surface area contributed by atoms with Crippen LogP contribution in [0, 0.1) is 21.7 Å². The van der Waals surface area contributed by atoms with E-state index in [0.29, 0.717) is 0 Å². The first-order chi connectivity index (χ1) is 9.01. The summed E-state index contributed by atoms with van der Waals surface area (Å²) in [4.78, 5) is 9.35. The van der Waals surface area contributed by atoms with Crippen molar-refractivity contribution in [3.05, 3.63) is 39.4 Å². The SMILES string of the molecule is CCCC1OC(Cc2cc(F)c([N+](=O)[O-])c(F)c2)O1. The van der Waals surface area contributed by atoms with Gasteiger partial charge < -0.3 is 9.47 Å². The summed E-state index contributed by atoms with van der Waals surface area (Å²) in [5, 5.41) is 10.4. The molecule has 19 heavy (non-hydrogen) atoms. The fourth-order valence-electron chi connectivity index (χ4n) is 1.92. The van der Waals surface area contributed by atoms with Crippen LogP contribution >= 0.6 is 0 Å². The molecule has 0 radical (unpaired) electrons. The summed E-state index contributed by atoms with van der Waals surface area (Å²) in [5.41, 5.74) is -0.872. The van der Waals surface area contributed by atoms with Crippen LogP contribution in [0.3, 0.4) is 0 Å². The molecule has 0 N–H and O–H groups in total. The highest BCUT2D eigenvalue weighted by atomic mass is 19.1. The molecule has 0 saturated carbocycles. The quantitative estimate of drug-likeness (QED) is 0.611. The number of rotatable bonds is 5. The number of nitrogens with zero attached hydrogens (tertiary/aromatic N) is 1. The predicted octanol–water partition coefficient (Wildman–Crippen LogP) is 2.91. The summed E-state index contributed by atoms with van der Waals surface area (Å²) in [7, 11) is 0. The summed E-state index contributed by atoms with van der Waals surface area (Å²) in [6.07, 6.45) is 1.03. The minimum atomic E-state index is -1.19. The van der Waals surface area contributed by atoms with Crippen molar-refractivity contribution in [1.29, 1.82) is 0 Å². The first-order valence-electron chi connectivity index (χ1n) is 5.94. The summed E-state index contributed by atoms with van der Waals surface area (Å²) in [5.74, 6) is -2.38. The van der Waals surface area contributed by atoms with Gasteiger partial charge in [-0.25, -0.2) is 0 Å². The lowest BCUT2D eigenvalue weighted by atomic mass is 10.1. The molecule has 1 aromatic rings. The molecule has 5 nitrogen and oxygen atoms in total. The molecule has 1 aromatic carbocycles. The number of hydrogen-bond donors (Lipinski definition) is 0. The van der Waals surface area contributed by atoms with Crippen molar-refractivity contribution in [2.45, 2.75) is 38.8 Å². The topological polar surface area (TPSA) is 61.6 Å². The molecule has 1 aliphatic rings. The largest absolute Gasteiger partial charge is 0.340 e. The van der Waals surface area contributed by atoms with E-state index in [1.165, 1.54) is 0 Å². The second-order valence-electron chi connectivity index (χ2n) is 4.29. The highest BCUT2D eigenvalue weighted by molar-refractivity contribution is 5.37. The number of halogens is 2. The van der Waals surface area contributed by atoms with Gasteiger partial charge in [-0.15, -0.1) is 0 Å². The average molecular weight is 273 g/mol. The molecular formula is C12H13F2NO4.